The maximum atomic E-state index is 14.6. The molecule has 0 atom stereocenters. The van der Waals surface area contributed by atoms with Crippen molar-refractivity contribution in [1.82, 2.24) is 44.7 Å². The lowest BCUT2D eigenvalue weighted by Gasteiger charge is -2.15. The summed E-state index contributed by atoms with van der Waals surface area (Å²) in [6.45, 7) is 3.70. The third-order valence-corrected chi connectivity index (χ3v) is 8.40. The highest BCUT2D eigenvalue weighted by molar-refractivity contribution is 7.88. The molecule has 230 valence electrons. The lowest BCUT2D eigenvalue weighted by Crippen LogP contribution is -2.25. The minimum Gasteiger partial charge on any atom is -0.491 e. The van der Waals surface area contributed by atoms with E-state index < -0.39 is 15.8 Å². The quantitative estimate of drug-likeness (QED) is 0.202. The predicted molar refractivity (Wildman–Crippen MR) is 168 cm³/mol. The number of nitrogens with zero attached hydrogens (tertiary/aromatic N) is 6. The van der Waals surface area contributed by atoms with Crippen molar-refractivity contribution in [2.45, 2.75) is 19.4 Å². The van der Waals surface area contributed by atoms with Gasteiger partial charge in [0.25, 0.3) is 0 Å². The number of nitrogens with one attached hydrogen (secondary N) is 3. The first-order valence-electron chi connectivity index (χ1n) is 14.5. The highest BCUT2D eigenvalue weighted by Crippen LogP contribution is 2.32. The van der Waals surface area contributed by atoms with Gasteiger partial charge < -0.3 is 9.72 Å². The van der Waals surface area contributed by atoms with Gasteiger partial charge >= 0.3 is 0 Å². The summed E-state index contributed by atoms with van der Waals surface area (Å²) >= 11 is 0. The van der Waals surface area contributed by atoms with Crippen LogP contribution < -0.4 is 9.46 Å². The molecule has 0 saturated carbocycles. The number of hydrogen-bond donors (Lipinski definition) is 3. The van der Waals surface area contributed by atoms with E-state index in [2.05, 4.69) is 39.8 Å². The van der Waals surface area contributed by atoms with Crippen LogP contribution in [-0.2, 0) is 16.6 Å². The largest absolute Gasteiger partial charge is 0.491 e. The topological polar surface area (TPSA) is 155 Å². The van der Waals surface area contributed by atoms with Gasteiger partial charge in [-0.3, -0.25) is 20.0 Å². The minimum atomic E-state index is -3.45. The number of benzene rings is 1. The first-order valence-corrected chi connectivity index (χ1v) is 16.4. The summed E-state index contributed by atoms with van der Waals surface area (Å²) in [5, 5.41) is 8.22. The normalized spacial score (nSPS) is 14.1. The summed E-state index contributed by atoms with van der Waals surface area (Å²) in [6.07, 6.45) is 10.4. The summed E-state index contributed by atoms with van der Waals surface area (Å²) in [6, 6.07) is 10.0. The molecule has 0 bridgehead atoms. The zero-order valence-electron chi connectivity index (χ0n) is 24.4. The van der Waals surface area contributed by atoms with Gasteiger partial charge in [0.2, 0.25) is 10.0 Å². The number of hydrogen-bond acceptors (Lipinski definition) is 9. The van der Waals surface area contributed by atoms with Gasteiger partial charge in [0, 0.05) is 48.4 Å². The zero-order valence-corrected chi connectivity index (χ0v) is 25.2. The van der Waals surface area contributed by atoms with E-state index in [-0.39, 0.29) is 6.54 Å². The number of imidazole rings is 1. The summed E-state index contributed by atoms with van der Waals surface area (Å²) in [5.41, 5.74) is 5.42. The molecule has 0 spiro atoms. The number of rotatable bonds is 10. The molecule has 0 unspecified atom stereocenters. The molecule has 0 aliphatic carbocycles. The van der Waals surface area contributed by atoms with Crippen LogP contribution in [0.2, 0.25) is 0 Å². The fraction of sp³-hybridized carbons (Fsp3) is 0.258. The molecule has 45 heavy (non-hydrogen) atoms. The van der Waals surface area contributed by atoms with Gasteiger partial charge in [0.1, 0.15) is 29.4 Å². The number of aromatic amines is 2. The highest BCUT2D eigenvalue weighted by Gasteiger charge is 2.18. The first kappa shape index (κ1) is 29.0. The molecule has 1 fully saturated rings. The number of likely N-dealkylation sites (tertiary alicyclic amines) is 1. The second-order valence-electron chi connectivity index (χ2n) is 11.1. The van der Waals surface area contributed by atoms with Crippen LogP contribution in [0, 0.1) is 5.82 Å². The monoisotopic (exact) mass is 627 g/mol. The maximum absolute atomic E-state index is 14.6. The zero-order chi connectivity index (χ0) is 31.0. The van der Waals surface area contributed by atoms with Crippen LogP contribution >= 0.6 is 0 Å². The van der Waals surface area contributed by atoms with E-state index >= 15 is 0 Å². The Labute approximate surface area is 258 Å². The van der Waals surface area contributed by atoms with Crippen molar-refractivity contribution in [3.05, 3.63) is 72.6 Å². The van der Waals surface area contributed by atoms with Crippen molar-refractivity contribution in [3.8, 4) is 39.7 Å². The molecular formula is C31H30FN9O3S. The Kier molecular flexibility index (Phi) is 7.69. The molecule has 1 aliphatic heterocycles. The van der Waals surface area contributed by atoms with E-state index in [0.717, 1.165) is 42.4 Å². The van der Waals surface area contributed by atoms with Crippen LogP contribution in [0.3, 0.4) is 0 Å². The fourth-order valence-electron chi connectivity index (χ4n) is 5.56. The molecule has 3 N–H and O–H groups in total. The highest BCUT2D eigenvalue weighted by atomic mass is 32.2. The minimum absolute atomic E-state index is 0.0524. The van der Waals surface area contributed by atoms with Crippen molar-refractivity contribution in [1.29, 1.82) is 0 Å². The molecule has 6 aromatic rings. The Balaban J connectivity index is 1.19. The van der Waals surface area contributed by atoms with E-state index in [1.165, 1.54) is 25.0 Å². The van der Waals surface area contributed by atoms with Crippen molar-refractivity contribution in [2.24, 2.45) is 0 Å². The second kappa shape index (κ2) is 12.0. The number of pyridine rings is 3. The molecule has 6 heterocycles. The second-order valence-corrected chi connectivity index (χ2v) is 12.9. The molecule has 12 nitrogen and oxygen atoms in total. The Morgan fingerprint density at radius 1 is 1.00 bits per heavy atom. The molecule has 1 aromatic carbocycles. The van der Waals surface area contributed by atoms with Crippen LogP contribution in [0.5, 0.6) is 5.75 Å². The van der Waals surface area contributed by atoms with Gasteiger partial charge in [-0.15, -0.1) is 0 Å². The number of aromatic nitrogens is 7. The van der Waals surface area contributed by atoms with E-state index in [1.54, 1.807) is 36.9 Å². The average molecular weight is 628 g/mol. The molecular weight excluding hydrogens is 597 g/mol. The van der Waals surface area contributed by atoms with Gasteiger partial charge in [0.15, 0.2) is 11.5 Å². The molecule has 5 aromatic heterocycles. The number of H-pyrrole nitrogens is 2. The van der Waals surface area contributed by atoms with Crippen LogP contribution in [0.25, 0.3) is 56.0 Å². The van der Waals surface area contributed by atoms with Gasteiger partial charge in [0.05, 0.1) is 29.0 Å². The van der Waals surface area contributed by atoms with Gasteiger partial charge in [-0.2, -0.15) is 5.10 Å². The Bertz CT molecular complexity index is 2120. The summed E-state index contributed by atoms with van der Waals surface area (Å²) in [4.78, 5) is 24.0. The SMILES string of the molecule is CS(=O)(=O)NCc1cc(F)cc(-c2nccc3[nH]c(-c4n[nH]c5ncc(-c6cncc(OCCN7CCCC7)c6)cc45)nc23)c1. The number of halogens is 1. The third kappa shape index (κ3) is 6.38. The number of fused-ring (bicyclic) bond motifs is 2. The van der Waals surface area contributed by atoms with Crippen LogP contribution in [0.4, 0.5) is 4.39 Å². The number of ether oxygens (including phenoxy) is 1. The van der Waals surface area contributed by atoms with E-state index in [4.69, 9.17) is 9.72 Å². The first-order chi connectivity index (χ1) is 21.8. The average Bonchev–Trinajstić information content (AvgIpc) is 3.79. The van der Waals surface area contributed by atoms with E-state index in [0.29, 0.717) is 57.4 Å². The van der Waals surface area contributed by atoms with Crippen molar-refractivity contribution in [2.75, 3.05) is 32.5 Å². The fourth-order valence-corrected chi connectivity index (χ4v) is 5.99. The Morgan fingerprint density at radius 3 is 2.69 bits per heavy atom. The predicted octanol–water partition coefficient (Wildman–Crippen LogP) is 4.29. The van der Waals surface area contributed by atoms with Gasteiger partial charge in [-0.1, -0.05) is 0 Å². The van der Waals surface area contributed by atoms with Crippen molar-refractivity contribution in [3.63, 3.8) is 0 Å². The number of sulfonamides is 1. The third-order valence-electron chi connectivity index (χ3n) is 7.73. The molecule has 0 amide bonds. The van der Waals surface area contributed by atoms with Crippen LogP contribution in [0.1, 0.15) is 18.4 Å². The van der Waals surface area contributed by atoms with Crippen molar-refractivity contribution >= 4 is 32.1 Å². The van der Waals surface area contributed by atoms with Gasteiger partial charge in [-0.25, -0.2) is 27.5 Å². The van der Waals surface area contributed by atoms with Crippen LogP contribution in [-0.4, -0.2) is 80.9 Å². The molecule has 7 rings (SSSR count). The van der Waals surface area contributed by atoms with E-state index in [1.807, 2.05) is 12.1 Å². The summed E-state index contributed by atoms with van der Waals surface area (Å²) < 4.78 is 46.1. The molecule has 14 heteroatoms. The smallest absolute Gasteiger partial charge is 0.209 e. The summed E-state index contributed by atoms with van der Waals surface area (Å²) in [7, 11) is -3.45. The van der Waals surface area contributed by atoms with E-state index in [9.17, 15) is 12.8 Å². The van der Waals surface area contributed by atoms with Crippen molar-refractivity contribution < 1.29 is 17.5 Å². The Morgan fingerprint density at radius 2 is 1.84 bits per heavy atom. The molecule has 1 aliphatic rings. The lowest BCUT2D eigenvalue weighted by molar-refractivity contribution is 0.237. The Hall–Kier alpha value is -4.79. The molecule has 1 saturated heterocycles. The van der Waals surface area contributed by atoms with Gasteiger partial charge in [-0.05, 0) is 67.9 Å². The maximum Gasteiger partial charge on any atom is 0.209 e. The lowest BCUT2D eigenvalue weighted by atomic mass is 10.1. The summed E-state index contributed by atoms with van der Waals surface area (Å²) in [5.74, 6) is 0.667. The molecule has 0 radical (unpaired) electrons. The van der Waals surface area contributed by atoms with Crippen LogP contribution in [0.15, 0.2) is 61.2 Å². The standard InChI is InChI=1S/C31H30FN9O3S/c1-45(42,43)36-15-19-10-20(12-23(32)11-19)27-29-26(4-5-34-27)37-31(38-29)28-25-14-22(17-35-30(25)40-39-28)21-13-24(18-33-16-21)44-9-8-41-6-2-3-7-41/h4-5,10-14,16-18,36H,2-3,6-9,15H2,1H3,(H,37,38)(H,35,39,40).